The lowest BCUT2D eigenvalue weighted by Gasteiger charge is -2.32. The van der Waals surface area contributed by atoms with Crippen molar-refractivity contribution in [1.82, 2.24) is 16.5 Å². The summed E-state index contributed by atoms with van der Waals surface area (Å²) in [6.45, 7) is 0. The predicted molar refractivity (Wildman–Crippen MR) is 147 cm³/mol. The lowest BCUT2D eigenvalue weighted by Crippen LogP contribution is -2.35. The van der Waals surface area contributed by atoms with Crippen LogP contribution in [0.2, 0.25) is 5.02 Å². The minimum atomic E-state index is -0.974. The second kappa shape index (κ2) is 10.9. The average molecular weight is 515 g/mol. The van der Waals surface area contributed by atoms with Gasteiger partial charge in [-0.05, 0) is 76.4 Å². The number of nitrogens with zero attached hydrogens (tertiary/aromatic N) is 1. The van der Waals surface area contributed by atoms with Crippen LogP contribution in [-0.4, -0.2) is 24.0 Å². The molecule has 0 unspecified atom stereocenters. The normalized spacial score (nSPS) is 15.9. The van der Waals surface area contributed by atoms with Gasteiger partial charge in [-0.1, -0.05) is 66.6 Å². The van der Waals surface area contributed by atoms with Gasteiger partial charge in [-0.2, -0.15) is 0 Å². The molecule has 0 saturated heterocycles. The monoisotopic (exact) mass is 514 g/mol. The molecule has 3 aromatic carbocycles. The van der Waals surface area contributed by atoms with Gasteiger partial charge < -0.3 is 9.84 Å². The summed E-state index contributed by atoms with van der Waals surface area (Å²) in [5.74, 6) is 0.831. The fourth-order valence-electron chi connectivity index (χ4n) is 4.63. The molecule has 0 bridgehead atoms. The van der Waals surface area contributed by atoms with Crippen LogP contribution in [0.4, 0.5) is 0 Å². The van der Waals surface area contributed by atoms with E-state index in [0.29, 0.717) is 22.5 Å². The zero-order valence-electron chi connectivity index (χ0n) is 20.3. The van der Waals surface area contributed by atoms with Gasteiger partial charge >= 0.3 is 5.97 Å². The van der Waals surface area contributed by atoms with Gasteiger partial charge in [0.1, 0.15) is 5.75 Å². The van der Waals surface area contributed by atoms with Gasteiger partial charge in [0.2, 0.25) is 0 Å². The molecule has 1 fully saturated rings. The first-order valence-electron chi connectivity index (χ1n) is 12.1. The second-order valence-corrected chi connectivity index (χ2v) is 9.36. The van der Waals surface area contributed by atoms with E-state index in [1.807, 2.05) is 54.6 Å². The van der Waals surface area contributed by atoms with Gasteiger partial charge in [0.05, 0.1) is 12.1 Å². The number of carboxylic acid groups (broad SMARTS) is 1. The summed E-state index contributed by atoms with van der Waals surface area (Å²) in [5.41, 5.74) is 15.6. The summed E-state index contributed by atoms with van der Waals surface area (Å²) in [6, 6.07) is 22.1. The van der Waals surface area contributed by atoms with E-state index in [2.05, 4.69) is 33.7 Å². The van der Waals surface area contributed by atoms with E-state index in [1.54, 1.807) is 13.2 Å². The summed E-state index contributed by atoms with van der Waals surface area (Å²) >= 11 is 6.84. The van der Waals surface area contributed by atoms with Crippen LogP contribution in [0.15, 0.2) is 77.9 Å². The van der Waals surface area contributed by atoms with Gasteiger partial charge in [-0.25, -0.2) is 10.3 Å². The topological polar surface area (TPSA) is 95.0 Å². The highest BCUT2D eigenvalue weighted by molar-refractivity contribution is 6.33. The molecule has 0 atom stereocenters. The van der Waals surface area contributed by atoms with Crippen LogP contribution in [0.25, 0.3) is 17.2 Å². The molecule has 1 saturated carbocycles. The molecule has 0 amide bonds. The number of amidine groups is 1. The fourth-order valence-corrected chi connectivity index (χ4v) is 4.91. The molecule has 1 aliphatic carbocycles. The van der Waals surface area contributed by atoms with Crippen molar-refractivity contribution < 1.29 is 14.6 Å². The number of benzene rings is 3. The van der Waals surface area contributed by atoms with Crippen LogP contribution in [0.5, 0.6) is 5.75 Å². The smallest absolute Gasteiger partial charge is 0.328 e. The van der Waals surface area contributed by atoms with Crippen molar-refractivity contribution in [2.75, 3.05) is 7.11 Å². The van der Waals surface area contributed by atoms with E-state index >= 15 is 0 Å². The molecule has 37 heavy (non-hydrogen) atoms. The Hall–Kier alpha value is -4.07. The molecule has 4 N–H and O–H groups in total. The van der Waals surface area contributed by atoms with Gasteiger partial charge in [-0.3, -0.25) is 5.43 Å². The van der Waals surface area contributed by atoms with Crippen molar-refractivity contribution in [1.29, 1.82) is 0 Å². The number of hydrazine groups is 2. The van der Waals surface area contributed by atoms with Crippen molar-refractivity contribution in [3.8, 4) is 5.75 Å². The molecule has 188 valence electrons. The standard InChI is InChI=1S/C29H27ClN4O3/c1-37-23-14-15-24(25(30)17-23)28(19-3-2-4-19)27(20-8-5-18(6-9-20)7-16-26(35)36)21-10-12-22(13-11-21)29-31-33-34-32-29/h5-17,19,33-34H,2-4H2,1H3,(H,31,32)(H,35,36). The molecule has 7 nitrogen and oxygen atoms in total. The molecule has 0 radical (unpaired) electrons. The van der Waals surface area contributed by atoms with E-state index in [-0.39, 0.29) is 0 Å². The Kier molecular flexibility index (Phi) is 7.25. The summed E-state index contributed by atoms with van der Waals surface area (Å²) in [7, 11) is 1.63. The van der Waals surface area contributed by atoms with Gasteiger partial charge in [0.15, 0.2) is 5.84 Å². The van der Waals surface area contributed by atoms with E-state index in [4.69, 9.17) is 21.4 Å². The summed E-state index contributed by atoms with van der Waals surface area (Å²) in [6.07, 6.45) is 6.10. The molecule has 0 spiro atoms. The largest absolute Gasteiger partial charge is 0.497 e. The molecule has 5 rings (SSSR count). The van der Waals surface area contributed by atoms with Crippen LogP contribution in [-0.2, 0) is 4.79 Å². The minimum absolute atomic E-state index is 0.376. The Labute approximate surface area is 220 Å². The molecule has 8 heteroatoms. The number of nitrogens with one attached hydrogen (secondary N) is 3. The summed E-state index contributed by atoms with van der Waals surface area (Å²) in [4.78, 5) is 11.0. The zero-order valence-corrected chi connectivity index (χ0v) is 21.0. The Bertz CT molecular complexity index is 1390. The predicted octanol–water partition coefficient (Wildman–Crippen LogP) is 5.48. The second-order valence-electron chi connectivity index (χ2n) is 8.96. The van der Waals surface area contributed by atoms with Gasteiger partial charge in [-0.15, -0.1) is 10.6 Å². The maximum Gasteiger partial charge on any atom is 0.328 e. The summed E-state index contributed by atoms with van der Waals surface area (Å²) in [5, 5.41) is 13.8. The van der Waals surface area contributed by atoms with E-state index < -0.39 is 5.97 Å². The van der Waals surface area contributed by atoms with Crippen molar-refractivity contribution >= 4 is 40.6 Å². The van der Waals surface area contributed by atoms with E-state index in [1.165, 1.54) is 12.0 Å². The number of halogens is 1. The Balaban J connectivity index is 1.67. The maximum atomic E-state index is 11.0. The number of hydrogen-bond acceptors (Lipinski definition) is 6. The quantitative estimate of drug-likeness (QED) is 0.235. The molecular formula is C29H27ClN4O3. The minimum Gasteiger partial charge on any atom is -0.497 e. The number of rotatable bonds is 8. The lowest BCUT2D eigenvalue weighted by atomic mass is 9.73. The molecule has 0 aromatic heterocycles. The van der Waals surface area contributed by atoms with Crippen LogP contribution in [0.3, 0.4) is 0 Å². The third-order valence-corrected chi connectivity index (χ3v) is 7.03. The number of hydrogen-bond donors (Lipinski definition) is 4. The molecule has 1 heterocycles. The third kappa shape index (κ3) is 5.38. The number of carbonyl (C=O) groups is 1. The zero-order chi connectivity index (χ0) is 25.8. The number of methoxy groups -OCH3 is 1. The Morgan fingerprint density at radius 3 is 2.30 bits per heavy atom. The van der Waals surface area contributed by atoms with Crippen molar-refractivity contribution in [2.24, 2.45) is 11.0 Å². The Morgan fingerprint density at radius 2 is 1.76 bits per heavy atom. The first-order valence-corrected chi connectivity index (χ1v) is 12.5. The molecule has 3 aromatic rings. The van der Waals surface area contributed by atoms with Gasteiger partial charge in [0, 0.05) is 11.6 Å². The highest BCUT2D eigenvalue weighted by atomic mass is 35.5. The number of aliphatic carboxylic acids is 1. The first-order chi connectivity index (χ1) is 18.0. The van der Waals surface area contributed by atoms with Crippen LogP contribution in [0, 0.1) is 5.92 Å². The van der Waals surface area contributed by atoms with Crippen LogP contribution >= 0.6 is 11.6 Å². The lowest BCUT2D eigenvalue weighted by molar-refractivity contribution is -0.131. The number of hydrazone groups is 1. The average Bonchev–Trinajstić information content (AvgIpc) is 3.42. The first kappa shape index (κ1) is 24.6. The SMILES string of the molecule is COc1ccc(C(=C(c2ccc(C=CC(=O)O)cc2)c2ccc(C3=NNNN3)cc2)C2CCC2)c(Cl)c1. The van der Waals surface area contributed by atoms with E-state index in [0.717, 1.165) is 52.3 Å². The van der Waals surface area contributed by atoms with Crippen molar-refractivity contribution in [3.05, 3.63) is 106 Å². The van der Waals surface area contributed by atoms with Crippen molar-refractivity contribution in [3.63, 3.8) is 0 Å². The van der Waals surface area contributed by atoms with E-state index in [9.17, 15) is 4.79 Å². The number of ether oxygens (including phenoxy) is 1. The summed E-state index contributed by atoms with van der Waals surface area (Å²) < 4.78 is 5.40. The van der Waals surface area contributed by atoms with Crippen molar-refractivity contribution in [2.45, 2.75) is 19.3 Å². The highest BCUT2D eigenvalue weighted by Crippen LogP contribution is 2.47. The number of carboxylic acids is 1. The van der Waals surface area contributed by atoms with Gasteiger partial charge in [0.25, 0.3) is 0 Å². The third-order valence-electron chi connectivity index (χ3n) is 6.72. The Morgan fingerprint density at radius 1 is 1.05 bits per heavy atom. The highest BCUT2D eigenvalue weighted by Gasteiger charge is 2.28. The fraction of sp³-hybridized carbons (Fsp3) is 0.172. The molecular weight excluding hydrogens is 488 g/mol. The van der Waals surface area contributed by atoms with Crippen LogP contribution in [0.1, 0.15) is 47.1 Å². The molecule has 1 aliphatic heterocycles. The van der Waals surface area contributed by atoms with Crippen LogP contribution < -0.4 is 21.2 Å². The molecule has 2 aliphatic rings. The maximum absolute atomic E-state index is 11.0. The number of allylic oxidation sites excluding steroid dienone is 1.